The number of halogens is 1. The average molecular weight is 372 g/mol. The molecule has 0 unspecified atom stereocenters. The third kappa shape index (κ3) is 3.46. The van der Waals surface area contributed by atoms with Crippen LogP contribution in [0.3, 0.4) is 0 Å². The number of ether oxygens (including phenoxy) is 2. The predicted octanol–water partition coefficient (Wildman–Crippen LogP) is 4.35. The highest BCUT2D eigenvalue weighted by molar-refractivity contribution is 7.80. The number of hydrogen-bond donors (Lipinski definition) is 2. The van der Waals surface area contributed by atoms with Gasteiger partial charge in [0.05, 0.1) is 0 Å². The predicted molar refractivity (Wildman–Crippen MR) is 103 cm³/mol. The molecule has 0 amide bonds. The number of fused-ring (bicyclic) bond motifs is 1. The van der Waals surface area contributed by atoms with Crippen LogP contribution in [0, 0.1) is 5.82 Å². The first kappa shape index (κ1) is 17.1. The molecule has 0 radical (unpaired) electrons. The Labute approximate surface area is 157 Å². The summed E-state index contributed by atoms with van der Waals surface area (Å²) < 4.78 is 24.0. The van der Waals surface area contributed by atoms with Crippen LogP contribution in [-0.2, 0) is 5.41 Å². The summed E-state index contributed by atoms with van der Waals surface area (Å²) in [5.74, 6) is 1.27. The molecule has 1 fully saturated rings. The van der Waals surface area contributed by atoms with Crippen LogP contribution in [0.15, 0.2) is 42.5 Å². The fourth-order valence-electron chi connectivity index (χ4n) is 3.82. The van der Waals surface area contributed by atoms with Gasteiger partial charge in [-0.25, -0.2) is 4.39 Å². The molecule has 4 nitrogen and oxygen atoms in total. The van der Waals surface area contributed by atoms with Gasteiger partial charge in [0.2, 0.25) is 6.79 Å². The molecule has 6 heteroatoms. The Bertz CT molecular complexity index is 804. The summed E-state index contributed by atoms with van der Waals surface area (Å²) in [5, 5.41) is 7.11. The van der Waals surface area contributed by atoms with Crippen LogP contribution in [0.5, 0.6) is 11.5 Å². The first-order chi connectivity index (χ1) is 12.6. The number of rotatable bonds is 4. The molecule has 4 rings (SSSR count). The number of thiocarbonyl (C=S) groups is 1. The fourth-order valence-corrected chi connectivity index (χ4v) is 4.01. The Hall–Kier alpha value is -2.34. The highest BCUT2D eigenvalue weighted by Crippen LogP contribution is 2.40. The minimum atomic E-state index is -0.199. The van der Waals surface area contributed by atoms with Crippen LogP contribution < -0.4 is 20.1 Å². The van der Waals surface area contributed by atoms with Gasteiger partial charge in [0, 0.05) is 23.7 Å². The van der Waals surface area contributed by atoms with E-state index in [0.717, 1.165) is 36.6 Å². The van der Waals surface area contributed by atoms with Gasteiger partial charge >= 0.3 is 0 Å². The van der Waals surface area contributed by atoms with Gasteiger partial charge in [-0.1, -0.05) is 25.0 Å². The van der Waals surface area contributed by atoms with E-state index in [4.69, 9.17) is 21.7 Å². The van der Waals surface area contributed by atoms with Crippen molar-refractivity contribution in [3.63, 3.8) is 0 Å². The van der Waals surface area contributed by atoms with Crippen molar-refractivity contribution >= 4 is 23.0 Å². The van der Waals surface area contributed by atoms with Gasteiger partial charge in [-0.2, -0.15) is 0 Å². The molecule has 26 heavy (non-hydrogen) atoms. The van der Waals surface area contributed by atoms with Crippen molar-refractivity contribution in [2.24, 2.45) is 0 Å². The van der Waals surface area contributed by atoms with Gasteiger partial charge < -0.3 is 20.1 Å². The average Bonchev–Trinajstić information content (AvgIpc) is 3.30. The molecule has 2 N–H and O–H groups in total. The molecule has 0 spiro atoms. The van der Waals surface area contributed by atoms with Gasteiger partial charge in [-0.15, -0.1) is 0 Å². The number of anilines is 1. The van der Waals surface area contributed by atoms with Crippen molar-refractivity contribution < 1.29 is 13.9 Å². The maximum absolute atomic E-state index is 13.3. The van der Waals surface area contributed by atoms with E-state index < -0.39 is 0 Å². The molecule has 1 aliphatic heterocycles. The Morgan fingerprint density at radius 2 is 1.77 bits per heavy atom. The topological polar surface area (TPSA) is 42.5 Å². The van der Waals surface area contributed by atoms with E-state index in [0.29, 0.717) is 5.11 Å². The maximum atomic E-state index is 13.3. The zero-order valence-corrected chi connectivity index (χ0v) is 15.2. The summed E-state index contributed by atoms with van der Waals surface area (Å²) in [4.78, 5) is 0. The summed E-state index contributed by atoms with van der Waals surface area (Å²) in [6.07, 6.45) is 4.53. The van der Waals surface area contributed by atoms with Crippen molar-refractivity contribution in [2.75, 3.05) is 18.7 Å². The van der Waals surface area contributed by atoms with Crippen LogP contribution >= 0.6 is 12.2 Å². The Morgan fingerprint density at radius 3 is 2.54 bits per heavy atom. The van der Waals surface area contributed by atoms with E-state index in [-0.39, 0.29) is 18.0 Å². The van der Waals surface area contributed by atoms with E-state index in [9.17, 15) is 4.39 Å². The number of nitrogens with one attached hydrogen (secondary N) is 2. The first-order valence-corrected chi connectivity index (χ1v) is 9.26. The lowest BCUT2D eigenvalue weighted by Gasteiger charge is -2.30. The Morgan fingerprint density at radius 1 is 1.04 bits per heavy atom. The van der Waals surface area contributed by atoms with Gasteiger partial charge in [0.15, 0.2) is 16.6 Å². The maximum Gasteiger partial charge on any atom is 0.231 e. The largest absolute Gasteiger partial charge is 0.454 e. The molecule has 2 aromatic rings. The molecule has 2 aromatic carbocycles. The normalized spacial score (nSPS) is 17.1. The number of benzene rings is 2. The lowest BCUT2D eigenvalue weighted by atomic mass is 9.79. The van der Waals surface area contributed by atoms with Crippen molar-refractivity contribution in [3.05, 3.63) is 53.8 Å². The molecule has 0 saturated heterocycles. The molecular formula is C20H21FN2O2S. The first-order valence-electron chi connectivity index (χ1n) is 8.85. The van der Waals surface area contributed by atoms with E-state index in [2.05, 4.69) is 10.6 Å². The highest BCUT2D eigenvalue weighted by Gasteiger charge is 2.35. The second kappa shape index (κ2) is 7.11. The molecule has 0 atom stereocenters. The second-order valence-electron chi connectivity index (χ2n) is 6.87. The third-order valence-corrected chi connectivity index (χ3v) is 5.48. The van der Waals surface area contributed by atoms with Crippen LogP contribution in [-0.4, -0.2) is 18.5 Å². The lowest BCUT2D eigenvalue weighted by molar-refractivity contribution is 0.174. The molecule has 1 aliphatic carbocycles. The molecule has 1 heterocycles. The van der Waals surface area contributed by atoms with Crippen LogP contribution in [0.4, 0.5) is 10.1 Å². The van der Waals surface area contributed by atoms with E-state index in [1.165, 1.54) is 18.4 Å². The zero-order valence-electron chi connectivity index (χ0n) is 14.4. The van der Waals surface area contributed by atoms with Crippen molar-refractivity contribution in [1.29, 1.82) is 0 Å². The summed E-state index contributed by atoms with van der Waals surface area (Å²) in [6, 6.07) is 12.5. The quantitative estimate of drug-likeness (QED) is 0.781. The molecule has 0 aromatic heterocycles. The zero-order chi connectivity index (χ0) is 18.0. The SMILES string of the molecule is Fc1ccc(C2(CNC(=S)Nc3ccc4c(c3)OCO4)CCCC2)cc1. The number of hydrogen-bond acceptors (Lipinski definition) is 3. The Balaban J connectivity index is 1.41. The third-order valence-electron chi connectivity index (χ3n) is 5.24. The van der Waals surface area contributed by atoms with Gasteiger partial charge in [0.1, 0.15) is 5.82 Å². The van der Waals surface area contributed by atoms with Crippen LogP contribution in [0.1, 0.15) is 31.2 Å². The van der Waals surface area contributed by atoms with Crippen LogP contribution in [0.2, 0.25) is 0 Å². The van der Waals surface area contributed by atoms with Crippen molar-refractivity contribution in [2.45, 2.75) is 31.1 Å². The van der Waals surface area contributed by atoms with Crippen LogP contribution in [0.25, 0.3) is 0 Å². The van der Waals surface area contributed by atoms with Crippen molar-refractivity contribution in [1.82, 2.24) is 5.32 Å². The monoisotopic (exact) mass is 372 g/mol. The molecule has 1 saturated carbocycles. The smallest absolute Gasteiger partial charge is 0.231 e. The molecule has 0 bridgehead atoms. The Kier molecular flexibility index (Phi) is 4.68. The fraction of sp³-hybridized carbons (Fsp3) is 0.350. The summed E-state index contributed by atoms with van der Waals surface area (Å²) in [6.45, 7) is 0.983. The summed E-state index contributed by atoms with van der Waals surface area (Å²) >= 11 is 5.46. The molecule has 136 valence electrons. The standard InChI is InChI=1S/C20H21FN2O2S/c21-15-5-3-14(4-6-15)20(9-1-2-10-20)12-22-19(26)23-16-7-8-17-18(11-16)25-13-24-17/h3-8,11H,1-2,9-10,12-13H2,(H2,22,23,26). The van der Waals surface area contributed by atoms with Crippen molar-refractivity contribution in [3.8, 4) is 11.5 Å². The van der Waals surface area contributed by atoms with E-state index >= 15 is 0 Å². The minimum Gasteiger partial charge on any atom is -0.454 e. The summed E-state index contributed by atoms with van der Waals surface area (Å²) in [7, 11) is 0. The van der Waals surface area contributed by atoms with E-state index in [1.54, 1.807) is 12.1 Å². The van der Waals surface area contributed by atoms with Gasteiger partial charge in [-0.05, 0) is 54.9 Å². The summed E-state index contributed by atoms with van der Waals surface area (Å²) in [5.41, 5.74) is 2.04. The van der Waals surface area contributed by atoms with Gasteiger partial charge in [0.25, 0.3) is 0 Å². The molecular weight excluding hydrogens is 351 g/mol. The lowest BCUT2D eigenvalue weighted by Crippen LogP contribution is -2.40. The minimum absolute atomic E-state index is 0.00826. The highest BCUT2D eigenvalue weighted by atomic mass is 32.1. The van der Waals surface area contributed by atoms with Gasteiger partial charge in [-0.3, -0.25) is 0 Å². The molecule has 2 aliphatic rings. The van der Waals surface area contributed by atoms with E-state index in [1.807, 2.05) is 30.3 Å². The second-order valence-corrected chi connectivity index (χ2v) is 7.28.